The highest BCUT2D eigenvalue weighted by Gasteiger charge is 2.19. The van der Waals surface area contributed by atoms with Gasteiger partial charge < -0.3 is 16.4 Å². The standard InChI is InChI=1S/C18H21ClN4O2S/c19-14-7-6-12(22-18(25)15-10-26-16(9-20)23-15)8-13(14)17(24)21-11-4-2-1-3-5-11/h6-8,10-11H,1-5,9,20H2,(H,21,24)(H,22,25). The van der Waals surface area contributed by atoms with Crippen molar-refractivity contribution in [2.75, 3.05) is 5.32 Å². The maximum Gasteiger partial charge on any atom is 0.275 e. The number of thiazole rings is 1. The van der Waals surface area contributed by atoms with Gasteiger partial charge in [-0.2, -0.15) is 0 Å². The van der Waals surface area contributed by atoms with Crippen LogP contribution in [0, 0.1) is 0 Å². The molecule has 8 heteroatoms. The van der Waals surface area contributed by atoms with Crippen molar-refractivity contribution in [2.24, 2.45) is 5.73 Å². The number of anilines is 1. The van der Waals surface area contributed by atoms with E-state index in [4.69, 9.17) is 17.3 Å². The summed E-state index contributed by atoms with van der Waals surface area (Å²) in [6, 6.07) is 5.05. The highest BCUT2D eigenvalue weighted by Crippen LogP contribution is 2.23. The zero-order valence-corrected chi connectivity index (χ0v) is 15.8. The van der Waals surface area contributed by atoms with Crippen molar-refractivity contribution >= 4 is 40.4 Å². The van der Waals surface area contributed by atoms with Crippen LogP contribution in [0.1, 0.15) is 58.0 Å². The highest BCUT2D eigenvalue weighted by atomic mass is 35.5. The van der Waals surface area contributed by atoms with Crippen LogP contribution in [0.4, 0.5) is 5.69 Å². The number of carbonyl (C=O) groups excluding carboxylic acids is 2. The Hall–Kier alpha value is -1.96. The summed E-state index contributed by atoms with van der Waals surface area (Å²) >= 11 is 7.52. The van der Waals surface area contributed by atoms with E-state index in [0.717, 1.165) is 25.7 Å². The molecule has 1 fully saturated rings. The average molecular weight is 393 g/mol. The minimum atomic E-state index is -0.345. The average Bonchev–Trinajstić information content (AvgIpc) is 3.13. The molecule has 0 radical (unpaired) electrons. The number of nitrogens with two attached hydrogens (primary N) is 1. The molecular weight excluding hydrogens is 372 g/mol. The summed E-state index contributed by atoms with van der Waals surface area (Å²) in [5.74, 6) is -0.556. The number of halogens is 1. The number of nitrogens with zero attached hydrogens (tertiary/aromatic N) is 1. The number of nitrogens with one attached hydrogen (secondary N) is 2. The molecule has 0 unspecified atom stereocenters. The first kappa shape index (κ1) is 18.8. The van der Waals surface area contributed by atoms with Gasteiger partial charge in [0.05, 0.1) is 10.6 Å². The van der Waals surface area contributed by atoms with Crippen LogP contribution in [0.2, 0.25) is 5.02 Å². The third-order valence-electron chi connectivity index (χ3n) is 4.37. The molecule has 1 heterocycles. The molecule has 1 aliphatic carbocycles. The van der Waals surface area contributed by atoms with Gasteiger partial charge in [-0.25, -0.2) is 4.98 Å². The van der Waals surface area contributed by atoms with Crippen LogP contribution in [0.5, 0.6) is 0 Å². The molecule has 1 saturated carbocycles. The summed E-state index contributed by atoms with van der Waals surface area (Å²) in [5.41, 5.74) is 6.68. The van der Waals surface area contributed by atoms with Crippen LogP contribution < -0.4 is 16.4 Å². The molecule has 2 aromatic rings. The van der Waals surface area contributed by atoms with E-state index >= 15 is 0 Å². The molecule has 1 aromatic heterocycles. The van der Waals surface area contributed by atoms with Gasteiger partial charge in [0.25, 0.3) is 11.8 Å². The van der Waals surface area contributed by atoms with Gasteiger partial charge in [0.15, 0.2) is 0 Å². The van der Waals surface area contributed by atoms with E-state index in [-0.39, 0.29) is 17.9 Å². The number of hydrogen-bond donors (Lipinski definition) is 3. The summed E-state index contributed by atoms with van der Waals surface area (Å²) in [6.07, 6.45) is 5.47. The second kappa shape index (κ2) is 8.62. The summed E-state index contributed by atoms with van der Waals surface area (Å²) < 4.78 is 0. The lowest BCUT2D eigenvalue weighted by Crippen LogP contribution is -2.36. The van der Waals surface area contributed by atoms with Crippen molar-refractivity contribution in [3.8, 4) is 0 Å². The Morgan fingerprint density at radius 2 is 2.00 bits per heavy atom. The largest absolute Gasteiger partial charge is 0.349 e. The second-order valence-electron chi connectivity index (χ2n) is 6.29. The van der Waals surface area contributed by atoms with E-state index in [2.05, 4.69) is 15.6 Å². The first-order valence-corrected chi connectivity index (χ1v) is 9.89. The fourth-order valence-corrected chi connectivity index (χ4v) is 3.85. The number of hydrogen-bond acceptors (Lipinski definition) is 5. The van der Waals surface area contributed by atoms with Crippen LogP contribution in [-0.2, 0) is 6.54 Å². The van der Waals surface area contributed by atoms with Crippen LogP contribution in [0.25, 0.3) is 0 Å². The molecule has 0 aliphatic heterocycles. The molecule has 26 heavy (non-hydrogen) atoms. The summed E-state index contributed by atoms with van der Waals surface area (Å²) in [6.45, 7) is 0.296. The topological polar surface area (TPSA) is 97.1 Å². The molecular formula is C18H21ClN4O2S. The third-order valence-corrected chi connectivity index (χ3v) is 5.57. The quantitative estimate of drug-likeness (QED) is 0.724. The predicted molar refractivity (Wildman–Crippen MR) is 104 cm³/mol. The van der Waals surface area contributed by atoms with E-state index in [1.165, 1.54) is 17.8 Å². The van der Waals surface area contributed by atoms with Gasteiger partial charge in [-0.05, 0) is 31.0 Å². The molecule has 2 amide bonds. The molecule has 1 aromatic carbocycles. The first-order valence-electron chi connectivity index (χ1n) is 8.63. The van der Waals surface area contributed by atoms with Gasteiger partial charge in [-0.3, -0.25) is 9.59 Å². The van der Waals surface area contributed by atoms with E-state index < -0.39 is 0 Å². The molecule has 4 N–H and O–H groups in total. The van der Waals surface area contributed by atoms with Gasteiger partial charge in [0, 0.05) is 23.7 Å². The van der Waals surface area contributed by atoms with Crippen LogP contribution in [0.15, 0.2) is 23.6 Å². The summed E-state index contributed by atoms with van der Waals surface area (Å²) in [4.78, 5) is 29.0. The molecule has 0 spiro atoms. The molecule has 6 nitrogen and oxygen atoms in total. The van der Waals surface area contributed by atoms with Gasteiger partial charge in [0.2, 0.25) is 0 Å². The van der Waals surface area contributed by atoms with E-state index in [1.807, 2.05) is 0 Å². The predicted octanol–water partition coefficient (Wildman–Crippen LogP) is 3.57. The molecule has 3 rings (SSSR count). The Balaban J connectivity index is 1.70. The van der Waals surface area contributed by atoms with Gasteiger partial charge in [-0.1, -0.05) is 30.9 Å². The van der Waals surface area contributed by atoms with Crippen molar-refractivity contribution in [3.05, 3.63) is 44.9 Å². The maximum atomic E-state index is 12.6. The van der Waals surface area contributed by atoms with Gasteiger partial charge in [-0.15, -0.1) is 11.3 Å². The molecule has 138 valence electrons. The Labute approximate surface area is 161 Å². The lowest BCUT2D eigenvalue weighted by molar-refractivity contribution is 0.0926. The fraction of sp³-hybridized carbons (Fsp3) is 0.389. The van der Waals surface area contributed by atoms with Crippen molar-refractivity contribution in [1.29, 1.82) is 0 Å². The smallest absolute Gasteiger partial charge is 0.275 e. The highest BCUT2D eigenvalue weighted by molar-refractivity contribution is 7.09. The number of rotatable bonds is 5. The Morgan fingerprint density at radius 1 is 1.23 bits per heavy atom. The SMILES string of the molecule is NCc1nc(C(=O)Nc2ccc(Cl)c(C(=O)NC3CCCCC3)c2)cs1. The normalized spacial score (nSPS) is 14.8. The van der Waals surface area contributed by atoms with Crippen molar-refractivity contribution < 1.29 is 9.59 Å². The van der Waals surface area contributed by atoms with E-state index in [0.29, 0.717) is 33.5 Å². The monoisotopic (exact) mass is 392 g/mol. The lowest BCUT2D eigenvalue weighted by atomic mass is 9.95. The zero-order valence-electron chi connectivity index (χ0n) is 14.3. The first-order chi connectivity index (χ1) is 12.6. The Bertz CT molecular complexity index is 802. The molecule has 0 bridgehead atoms. The second-order valence-corrected chi connectivity index (χ2v) is 7.64. The maximum absolute atomic E-state index is 12.6. The Kier molecular flexibility index (Phi) is 6.24. The van der Waals surface area contributed by atoms with Crippen molar-refractivity contribution in [3.63, 3.8) is 0 Å². The molecule has 1 aliphatic rings. The van der Waals surface area contributed by atoms with E-state index in [9.17, 15) is 9.59 Å². The minimum Gasteiger partial charge on any atom is -0.349 e. The van der Waals surface area contributed by atoms with Crippen molar-refractivity contribution in [2.45, 2.75) is 44.7 Å². The fourth-order valence-electron chi connectivity index (χ4n) is 2.99. The minimum absolute atomic E-state index is 0.190. The van der Waals surface area contributed by atoms with Crippen LogP contribution in [-0.4, -0.2) is 22.8 Å². The summed E-state index contributed by atoms with van der Waals surface area (Å²) in [5, 5.41) is 8.49. The Morgan fingerprint density at radius 3 is 2.69 bits per heavy atom. The van der Waals surface area contributed by atoms with Gasteiger partial charge >= 0.3 is 0 Å². The van der Waals surface area contributed by atoms with E-state index in [1.54, 1.807) is 23.6 Å². The molecule has 0 saturated heterocycles. The van der Waals surface area contributed by atoms with Crippen LogP contribution in [0.3, 0.4) is 0 Å². The number of benzene rings is 1. The zero-order chi connectivity index (χ0) is 18.5. The number of carbonyl (C=O) groups is 2. The van der Waals surface area contributed by atoms with Crippen molar-refractivity contribution in [1.82, 2.24) is 10.3 Å². The number of amides is 2. The lowest BCUT2D eigenvalue weighted by Gasteiger charge is -2.23. The third kappa shape index (κ3) is 4.60. The number of aromatic nitrogens is 1. The van der Waals surface area contributed by atoms with Crippen LogP contribution >= 0.6 is 22.9 Å². The van der Waals surface area contributed by atoms with Gasteiger partial charge in [0.1, 0.15) is 10.7 Å². The molecule has 0 atom stereocenters. The summed E-state index contributed by atoms with van der Waals surface area (Å²) in [7, 11) is 0.